The van der Waals surface area contributed by atoms with Crippen molar-refractivity contribution in [2.24, 2.45) is 7.05 Å². The smallest absolute Gasteiger partial charge is 0.255 e. The van der Waals surface area contributed by atoms with Crippen LogP contribution in [0.3, 0.4) is 0 Å². The monoisotopic (exact) mass is 507 g/mol. The molecule has 1 unspecified atom stereocenters. The number of amides is 3. The van der Waals surface area contributed by atoms with E-state index in [-0.39, 0.29) is 42.0 Å². The van der Waals surface area contributed by atoms with Gasteiger partial charge in [0.15, 0.2) is 0 Å². The van der Waals surface area contributed by atoms with Gasteiger partial charge in [-0.1, -0.05) is 6.07 Å². The van der Waals surface area contributed by atoms with Crippen LogP contribution in [-0.2, 0) is 29.7 Å². The number of hydrogen-bond acceptors (Lipinski definition) is 5. The lowest BCUT2D eigenvalue weighted by molar-refractivity contribution is -0.136. The number of aryl methyl sites for hydroxylation is 1. The second-order valence-electron chi connectivity index (χ2n) is 10.2. The van der Waals surface area contributed by atoms with Crippen LogP contribution in [0.1, 0.15) is 58.6 Å². The molecule has 0 spiro atoms. The topological polar surface area (TPSA) is 87.5 Å². The van der Waals surface area contributed by atoms with E-state index in [9.17, 15) is 14.4 Å². The van der Waals surface area contributed by atoms with Crippen LogP contribution in [0.15, 0.2) is 30.6 Å². The summed E-state index contributed by atoms with van der Waals surface area (Å²) < 4.78 is 32.9. The summed E-state index contributed by atoms with van der Waals surface area (Å²) in [6.07, 6.45) is 3.27. The van der Waals surface area contributed by atoms with Crippen molar-refractivity contribution in [3.05, 3.63) is 64.5 Å². The number of hydrogen-bond donors (Lipinski definition) is 1. The molecule has 2 aromatic carbocycles. The Morgan fingerprint density at radius 2 is 1.86 bits per heavy atom. The summed E-state index contributed by atoms with van der Waals surface area (Å²) in [6.45, 7) is 2.05. The second kappa shape index (κ2) is 9.02. The van der Waals surface area contributed by atoms with Gasteiger partial charge in [0.25, 0.3) is 5.91 Å². The molecular formula is C27H27F2N5O3. The Morgan fingerprint density at radius 1 is 1.08 bits per heavy atom. The molecule has 0 saturated carbocycles. The number of aromatic nitrogens is 2. The number of halogens is 2. The highest BCUT2D eigenvalue weighted by atomic mass is 19.1. The van der Waals surface area contributed by atoms with E-state index in [2.05, 4.69) is 27.3 Å². The molecule has 6 rings (SSSR count). The lowest BCUT2D eigenvalue weighted by Crippen LogP contribution is -2.52. The Hall–Kier alpha value is -3.66. The molecule has 3 aromatic rings. The normalized spacial score (nSPS) is 21.1. The molecule has 1 aromatic heterocycles. The highest BCUT2D eigenvalue weighted by Crippen LogP contribution is 2.38. The summed E-state index contributed by atoms with van der Waals surface area (Å²) in [4.78, 5) is 44.6. The van der Waals surface area contributed by atoms with E-state index >= 15 is 8.78 Å². The first-order valence-corrected chi connectivity index (χ1v) is 12.6. The number of fused-ring (bicyclic) bond motifs is 2. The Kier molecular flexibility index (Phi) is 5.78. The Labute approximate surface area is 212 Å². The molecule has 0 bridgehead atoms. The van der Waals surface area contributed by atoms with E-state index < -0.39 is 35.4 Å². The standard InChI is InChI=1S/C27H27F2N5O3/c1-32-14-30-20-3-2-15(10-22(20)32)12-33-8-6-16(7-9-33)24-19(28)11-17-18(25(24)29)13-34(27(17)37)21-4-5-23(35)31-26(21)36/h2-3,10-11,14,16,21H,4-9,12-13H2,1H3,(H,31,35,36). The first-order chi connectivity index (χ1) is 17.8. The minimum atomic E-state index is -0.864. The largest absolute Gasteiger partial charge is 0.334 e. The van der Waals surface area contributed by atoms with Gasteiger partial charge in [0.1, 0.15) is 17.7 Å². The quantitative estimate of drug-likeness (QED) is 0.549. The second-order valence-corrected chi connectivity index (χ2v) is 10.2. The van der Waals surface area contributed by atoms with Gasteiger partial charge in [-0.25, -0.2) is 13.8 Å². The van der Waals surface area contributed by atoms with E-state index in [1.165, 1.54) is 4.90 Å². The van der Waals surface area contributed by atoms with Crippen LogP contribution in [0.4, 0.5) is 8.78 Å². The molecule has 1 N–H and O–H groups in total. The third-order valence-corrected chi connectivity index (χ3v) is 7.95. The number of likely N-dealkylation sites (tertiary alicyclic amines) is 1. The van der Waals surface area contributed by atoms with E-state index in [1.807, 2.05) is 17.7 Å². The number of nitrogens with one attached hydrogen (secondary N) is 1. The number of nitrogens with zero attached hydrogens (tertiary/aromatic N) is 4. The van der Waals surface area contributed by atoms with Crippen LogP contribution in [0.25, 0.3) is 11.0 Å². The Bertz CT molecular complexity index is 1440. The molecule has 2 saturated heterocycles. The van der Waals surface area contributed by atoms with Crippen molar-refractivity contribution >= 4 is 28.8 Å². The molecule has 0 aliphatic carbocycles. The zero-order chi connectivity index (χ0) is 25.8. The summed E-state index contributed by atoms with van der Waals surface area (Å²) in [7, 11) is 1.96. The van der Waals surface area contributed by atoms with Crippen molar-refractivity contribution in [2.75, 3.05) is 13.1 Å². The molecule has 3 amide bonds. The number of piperidine rings is 2. The van der Waals surface area contributed by atoms with Gasteiger partial charge in [0, 0.05) is 31.1 Å². The molecular weight excluding hydrogens is 480 g/mol. The zero-order valence-electron chi connectivity index (χ0n) is 20.5. The predicted octanol–water partition coefficient (Wildman–Crippen LogP) is 2.99. The van der Waals surface area contributed by atoms with Crippen LogP contribution in [0, 0.1) is 11.6 Å². The third-order valence-electron chi connectivity index (χ3n) is 7.95. The average Bonchev–Trinajstić information content (AvgIpc) is 3.40. The van der Waals surface area contributed by atoms with Crippen LogP contribution in [0.5, 0.6) is 0 Å². The first kappa shape index (κ1) is 23.7. The van der Waals surface area contributed by atoms with Crippen molar-refractivity contribution in [3.8, 4) is 0 Å². The minimum Gasteiger partial charge on any atom is -0.334 e. The van der Waals surface area contributed by atoms with Crippen LogP contribution >= 0.6 is 0 Å². The van der Waals surface area contributed by atoms with Gasteiger partial charge in [-0.2, -0.15) is 0 Å². The van der Waals surface area contributed by atoms with Crippen LogP contribution in [0.2, 0.25) is 0 Å². The number of imide groups is 1. The van der Waals surface area contributed by atoms with Gasteiger partial charge in [0.2, 0.25) is 11.8 Å². The van der Waals surface area contributed by atoms with Crippen LogP contribution < -0.4 is 5.32 Å². The predicted molar refractivity (Wildman–Crippen MR) is 130 cm³/mol. The number of rotatable bonds is 4. The summed E-state index contributed by atoms with van der Waals surface area (Å²) in [5.41, 5.74) is 3.31. The van der Waals surface area contributed by atoms with Crippen molar-refractivity contribution in [1.82, 2.24) is 24.7 Å². The number of benzene rings is 2. The molecule has 4 heterocycles. The maximum absolute atomic E-state index is 15.7. The molecule has 0 radical (unpaired) electrons. The summed E-state index contributed by atoms with van der Waals surface area (Å²) >= 11 is 0. The number of carbonyl (C=O) groups excluding carboxylic acids is 3. The summed E-state index contributed by atoms with van der Waals surface area (Å²) in [5, 5.41) is 2.23. The lowest BCUT2D eigenvalue weighted by Gasteiger charge is -2.32. The molecule has 10 heteroatoms. The third kappa shape index (κ3) is 4.09. The van der Waals surface area contributed by atoms with Crippen LogP contribution in [-0.4, -0.2) is 56.2 Å². The van der Waals surface area contributed by atoms with Gasteiger partial charge in [0.05, 0.1) is 29.5 Å². The maximum atomic E-state index is 15.7. The van der Waals surface area contributed by atoms with E-state index in [0.29, 0.717) is 25.9 Å². The minimum absolute atomic E-state index is 0.0348. The van der Waals surface area contributed by atoms with Crippen molar-refractivity contribution in [3.63, 3.8) is 0 Å². The Balaban J connectivity index is 1.16. The highest BCUT2D eigenvalue weighted by Gasteiger charge is 2.42. The van der Waals surface area contributed by atoms with Crippen molar-refractivity contribution in [1.29, 1.82) is 0 Å². The summed E-state index contributed by atoms with van der Waals surface area (Å²) in [6, 6.07) is 6.45. The van der Waals surface area contributed by atoms with Crippen molar-refractivity contribution < 1.29 is 23.2 Å². The lowest BCUT2D eigenvalue weighted by atomic mass is 9.86. The molecule has 3 aliphatic heterocycles. The number of imidazole rings is 1. The van der Waals surface area contributed by atoms with E-state index in [1.54, 1.807) is 6.33 Å². The molecule has 3 aliphatic rings. The molecule has 37 heavy (non-hydrogen) atoms. The molecule has 8 nitrogen and oxygen atoms in total. The van der Waals surface area contributed by atoms with Gasteiger partial charge in [-0.3, -0.25) is 24.6 Å². The van der Waals surface area contributed by atoms with Gasteiger partial charge >= 0.3 is 0 Å². The molecule has 2 fully saturated rings. The summed E-state index contributed by atoms with van der Waals surface area (Å²) in [5.74, 6) is -3.23. The van der Waals surface area contributed by atoms with Crippen molar-refractivity contribution in [2.45, 2.75) is 50.7 Å². The SMILES string of the molecule is Cn1cnc2ccc(CN3CCC(c4c(F)cc5c(c4F)CN(C4CCC(=O)NC4=O)C5=O)CC3)cc21. The highest BCUT2D eigenvalue weighted by molar-refractivity contribution is 6.05. The van der Waals surface area contributed by atoms with Gasteiger partial charge in [-0.05, 0) is 62.0 Å². The number of carbonyl (C=O) groups is 3. The van der Waals surface area contributed by atoms with E-state index in [0.717, 1.165) is 29.2 Å². The molecule has 192 valence electrons. The van der Waals surface area contributed by atoms with E-state index in [4.69, 9.17) is 0 Å². The fourth-order valence-electron chi connectivity index (χ4n) is 5.93. The van der Waals surface area contributed by atoms with Gasteiger partial charge < -0.3 is 9.47 Å². The zero-order valence-corrected chi connectivity index (χ0v) is 20.5. The average molecular weight is 508 g/mol. The maximum Gasteiger partial charge on any atom is 0.255 e. The first-order valence-electron chi connectivity index (χ1n) is 12.6. The Morgan fingerprint density at radius 3 is 2.62 bits per heavy atom. The fraction of sp³-hybridized carbons (Fsp3) is 0.407. The fourth-order valence-corrected chi connectivity index (χ4v) is 5.93. The van der Waals surface area contributed by atoms with Gasteiger partial charge in [-0.15, -0.1) is 0 Å². The molecule has 1 atom stereocenters.